The van der Waals surface area contributed by atoms with E-state index in [1.54, 1.807) is 0 Å². The topological polar surface area (TPSA) is 66.7 Å². The fourth-order valence-corrected chi connectivity index (χ4v) is 2.97. The normalized spacial score (nSPS) is 14.5. The van der Waals surface area contributed by atoms with Gasteiger partial charge in [-0.25, -0.2) is 0 Å². The van der Waals surface area contributed by atoms with E-state index in [9.17, 15) is 0 Å². The van der Waals surface area contributed by atoms with Gasteiger partial charge in [0.15, 0.2) is 5.15 Å². The molecule has 0 saturated heterocycles. The Kier molecular flexibility index (Phi) is 4.08. The molecule has 0 fully saturated rings. The summed E-state index contributed by atoms with van der Waals surface area (Å²) in [6, 6.07) is 0. The first-order valence-electron chi connectivity index (χ1n) is 7.18. The lowest BCUT2D eigenvalue weighted by Crippen LogP contribution is -2.15. The van der Waals surface area contributed by atoms with Gasteiger partial charge in [-0.1, -0.05) is 23.7 Å². The van der Waals surface area contributed by atoms with E-state index in [1.807, 2.05) is 0 Å². The fraction of sp³-hybridized carbons (Fsp3) is 0.571. The van der Waals surface area contributed by atoms with Gasteiger partial charge in [-0.3, -0.25) is 5.10 Å². The van der Waals surface area contributed by atoms with Gasteiger partial charge in [0.25, 0.3) is 0 Å². The van der Waals surface area contributed by atoms with E-state index in [-0.39, 0.29) is 0 Å². The van der Waals surface area contributed by atoms with Gasteiger partial charge < -0.3 is 9.84 Å². The van der Waals surface area contributed by atoms with Crippen LogP contribution in [0.15, 0.2) is 4.52 Å². The molecule has 1 aliphatic carbocycles. The number of aryl methyl sites for hydroxylation is 2. The lowest BCUT2D eigenvalue weighted by atomic mass is 9.96. The highest BCUT2D eigenvalue weighted by Crippen LogP contribution is 2.24. The fourth-order valence-electron chi connectivity index (χ4n) is 2.74. The molecule has 2 N–H and O–H groups in total. The van der Waals surface area contributed by atoms with Crippen molar-refractivity contribution in [2.75, 3.05) is 0 Å². The van der Waals surface area contributed by atoms with Crippen LogP contribution in [0.5, 0.6) is 0 Å². The Morgan fingerprint density at radius 1 is 1.30 bits per heavy atom. The second-order valence-corrected chi connectivity index (χ2v) is 5.52. The zero-order chi connectivity index (χ0) is 13.9. The third-order valence-corrected chi connectivity index (χ3v) is 4.19. The van der Waals surface area contributed by atoms with Gasteiger partial charge in [0.05, 0.1) is 0 Å². The minimum absolute atomic E-state index is 0.552. The van der Waals surface area contributed by atoms with Crippen molar-refractivity contribution in [2.45, 2.75) is 52.1 Å². The van der Waals surface area contributed by atoms with Gasteiger partial charge in [-0.2, -0.15) is 5.10 Å². The Morgan fingerprint density at radius 2 is 2.15 bits per heavy atom. The molecule has 0 aliphatic heterocycles. The van der Waals surface area contributed by atoms with Crippen molar-refractivity contribution < 1.29 is 4.52 Å². The number of nitrogens with one attached hydrogen (secondary N) is 2. The molecular formula is C14H19ClN4O. The standard InChI is InChI=1S/C14H19ClN4O/c1-2-11-10(14(15)18-17-11)7-16-8-12-9-5-3-4-6-13(9)20-19-12/h16H,2-8H2,1H3,(H,17,18). The second-order valence-electron chi connectivity index (χ2n) is 5.17. The average molecular weight is 295 g/mol. The molecule has 108 valence electrons. The summed E-state index contributed by atoms with van der Waals surface area (Å²) in [7, 11) is 0. The lowest BCUT2D eigenvalue weighted by Gasteiger charge is -2.09. The molecule has 5 nitrogen and oxygen atoms in total. The third kappa shape index (κ3) is 2.60. The second kappa shape index (κ2) is 5.97. The number of aromatic amines is 1. The van der Waals surface area contributed by atoms with E-state index in [0.717, 1.165) is 42.0 Å². The minimum atomic E-state index is 0.552. The summed E-state index contributed by atoms with van der Waals surface area (Å²) < 4.78 is 5.41. The Labute approximate surface area is 123 Å². The lowest BCUT2D eigenvalue weighted by molar-refractivity contribution is 0.366. The maximum absolute atomic E-state index is 6.08. The summed E-state index contributed by atoms with van der Waals surface area (Å²) in [4.78, 5) is 0. The van der Waals surface area contributed by atoms with Crippen LogP contribution in [-0.2, 0) is 32.4 Å². The van der Waals surface area contributed by atoms with Crippen molar-refractivity contribution in [3.8, 4) is 0 Å². The SMILES string of the molecule is CCc1[nH]nc(Cl)c1CNCc1noc2c1CCCC2. The Balaban J connectivity index is 1.63. The first-order valence-corrected chi connectivity index (χ1v) is 7.56. The number of aromatic nitrogens is 3. The number of hydrogen-bond acceptors (Lipinski definition) is 4. The minimum Gasteiger partial charge on any atom is -0.361 e. The molecule has 0 amide bonds. The van der Waals surface area contributed by atoms with Crippen LogP contribution in [0.2, 0.25) is 5.15 Å². The number of H-pyrrole nitrogens is 1. The maximum Gasteiger partial charge on any atom is 0.155 e. The van der Waals surface area contributed by atoms with Gasteiger partial charge >= 0.3 is 0 Å². The quantitative estimate of drug-likeness (QED) is 0.890. The van der Waals surface area contributed by atoms with Gasteiger partial charge in [-0.05, 0) is 25.7 Å². The third-order valence-electron chi connectivity index (χ3n) is 3.88. The summed E-state index contributed by atoms with van der Waals surface area (Å²) in [5.74, 6) is 1.07. The molecule has 0 bridgehead atoms. The van der Waals surface area contributed by atoms with Gasteiger partial charge in [-0.15, -0.1) is 0 Å². The predicted molar refractivity (Wildman–Crippen MR) is 76.7 cm³/mol. The molecule has 2 aromatic heterocycles. The van der Waals surface area contributed by atoms with Crippen LogP contribution in [-0.4, -0.2) is 15.4 Å². The Hall–Kier alpha value is -1.33. The van der Waals surface area contributed by atoms with Gasteiger partial charge in [0, 0.05) is 36.3 Å². The van der Waals surface area contributed by atoms with E-state index >= 15 is 0 Å². The molecule has 0 saturated carbocycles. The number of nitrogens with zero attached hydrogens (tertiary/aromatic N) is 2. The summed E-state index contributed by atoms with van der Waals surface area (Å²) in [5.41, 5.74) is 4.48. The van der Waals surface area contributed by atoms with Crippen LogP contribution in [0, 0.1) is 0 Å². The van der Waals surface area contributed by atoms with E-state index in [2.05, 4.69) is 27.6 Å². The summed E-state index contributed by atoms with van der Waals surface area (Å²) in [6.07, 6.45) is 5.45. The largest absolute Gasteiger partial charge is 0.361 e. The van der Waals surface area contributed by atoms with Crippen molar-refractivity contribution in [1.82, 2.24) is 20.7 Å². The zero-order valence-corrected chi connectivity index (χ0v) is 12.4. The monoisotopic (exact) mass is 294 g/mol. The number of hydrogen-bond donors (Lipinski definition) is 2. The molecule has 20 heavy (non-hydrogen) atoms. The summed E-state index contributed by atoms with van der Waals surface area (Å²) >= 11 is 6.08. The highest BCUT2D eigenvalue weighted by molar-refractivity contribution is 6.30. The smallest absolute Gasteiger partial charge is 0.155 e. The Bertz CT molecular complexity index is 590. The van der Waals surface area contributed by atoms with Crippen LogP contribution in [0.4, 0.5) is 0 Å². The van der Waals surface area contributed by atoms with E-state index in [1.165, 1.54) is 18.4 Å². The van der Waals surface area contributed by atoms with Crippen molar-refractivity contribution in [2.24, 2.45) is 0 Å². The maximum atomic E-state index is 6.08. The first-order chi connectivity index (χ1) is 9.79. The molecule has 2 heterocycles. The molecule has 0 aromatic carbocycles. The van der Waals surface area contributed by atoms with Crippen LogP contribution in [0.25, 0.3) is 0 Å². The first kappa shape index (κ1) is 13.6. The van der Waals surface area contributed by atoms with Crippen LogP contribution < -0.4 is 5.32 Å². The molecule has 2 aromatic rings. The van der Waals surface area contributed by atoms with E-state index in [4.69, 9.17) is 16.1 Å². The van der Waals surface area contributed by atoms with Crippen molar-refractivity contribution in [3.05, 3.63) is 33.4 Å². The molecule has 6 heteroatoms. The molecule has 0 atom stereocenters. The number of fused-ring (bicyclic) bond motifs is 1. The molecular weight excluding hydrogens is 276 g/mol. The Morgan fingerprint density at radius 3 is 3.00 bits per heavy atom. The molecule has 0 radical (unpaired) electrons. The summed E-state index contributed by atoms with van der Waals surface area (Å²) in [6.45, 7) is 3.49. The molecule has 3 rings (SSSR count). The van der Waals surface area contributed by atoms with Crippen molar-refractivity contribution in [3.63, 3.8) is 0 Å². The van der Waals surface area contributed by atoms with Crippen LogP contribution in [0.3, 0.4) is 0 Å². The van der Waals surface area contributed by atoms with E-state index < -0.39 is 0 Å². The number of halogens is 1. The summed E-state index contributed by atoms with van der Waals surface area (Å²) in [5, 5.41) is 15.1. The molecule has 0 unspecified atom stereocenters. The predicted octanol–water partition coefficient (Wildman–Crippen LogP) is 2.78. The van der Waals surface area contributed by atoms with Gasteiger partial charge in [0.1, 0.15) is 11.5 Å². The average Bonchev–Trinajstić information content (AvgIpc) is 3.04. The highest BCUT2D eigenvalue weighted by Gasteiger charge is 2.19. The van der Waals surface area contributed by atoms with Crippen LogP contribution in [0.1, 0.15) is 48.0 Å². The number of rotatable bonds is 5. The van der Waals surface area contributed by atoms with Crippen molar-refractivity contribution in [1.29, 1.82) is 0 Å². The van der Waals surface area contributed by atoms with Crippen molar-refractivity contribution >= 4 is 11.6 Å². The van der Waals surface area contributed by atoms with E-state index in [0.29, 0.717) is 18.2 Å². The van der Waals surface area contributed by atoms with Gasteiger partial charge in [0.2, 0.25) is 0 Å². The molecule has 1 aliphatic rings. The zero-order valence-electron chi connectivity index (χ0n) is 11.6. The van der Waals surface area contributed by atoms with Crippen LogP contribution >= 0.6 is 11.6 Å². The molecule has 0 spiro atoms. The highest BCUT2D eigenvalue weighted by atomic mass is 35.5.